The highest BCUT2D eigenvalue weighted by Gasteiger charge is 2.36. The Labute approximate surface area is 145 Å². The number of rotatable bonds is 4. The maximum absolute atomic E-state index is 12.4. The second-order valence-electron chi connectivity index (χ2n) is 6.91. The van der Waals surface area contributed by atoms with Crippen LogP contribution >= 0.6 is 12.4 Å². The van der Waals surface area contributed by atoms with Crippen LogP contribution < -0.4 is 5.32 Å². The van der Waals surface area contributed by atoms with Crippen molar-refractivity contribution in [2.24, 2.45) is 5.41 Å². The summed E-state index contributed by atoms with van der Waals surface area (Å²) < 4.78 is 5.30. The van der Waals surface area contributed by atoms with Gasteiger partial charge in [0.2, 0.25) is 0 Å². The van der Waals surface area contributed by atoms with Gasteiger partial charge in [-0.1, -0.05) is 31.2 Å². The molecule has 0 aromatic heterocycles. The fraction of sp³-hybridized carbons (Fsp3) is 0.611. The zero-order valence-corrected chi connectivity index (χ0v) is 14.8. The Bertz CT molecular complexity index is 544. The van der Waals surface area contributed by atoms with E-state index in [1.165, 1.54) is 12.0 Å². The molecule has 2 aliphatic rings. The molecule has 0 bridgehead atoms. The zero-order valence-electron chi connectivity index (χ0n) is 14.0. The SMILES string of the molecule is CCOC(=O)C1CN(CC2(C)CCNC2)Cc2ccccc21.Cl. The van der Waals surface area contributed by atoms with Gasteiger partial charge in [-0.05, 0) is 36.4 Å². The van der Waals surface area contributed by atoms with Gasteiger partial charge >= 0.3 is 5.97 Å². The fourth-order valence-corrected chi connectivity index (χ4v) is 3.79. The van der Waals surface area contributed by atoms with Crippen LogP contribution in [0.1, 0.15) is 37.3 Å². The Kier molecular flexibility index (Phi) is 6.06. The Morgan fingerprint density at radius 3 is 2.91 bits per heavy atom. The molecule has 1 fully saturated rings. The van der Waals surface area contributed by atoms with E-state index in [0.29, 0.717) is 12.0 Å². The first-order valence-corrected chi connectivity index (χ1v) is 8.29. The van der Waals surface area contributed by atoms with Crippen LogP contribution in [0.15, 0.2) is 24.3 Å². The number of esters is 1. The van der Waals surface area contributed by atoms with Gasteiger partial charge in [-0.2, -0.15) is 0 Å². The lowest BCUT2D eigenvalue weighted by Gasteiger charge is -2.38. The predicted octanol–water partition coefficient (Wildman–Crippen LogP) is 2.57. The van der Waals surface area contributed by atoms with Gasteiger partial charge in [0.05, 0.1) is 12.5 Å². The van der Waals surface area contributed by atoms with Crippen molar-refractivity contribution in [1.29, 1.82) is 0 Å². The van der Waals surface area contributed by atoms with Crippen LogP contribution in [-0.2, 0) is 16.1 Å². The Morgan fingerprint density at radius 2 is 2.22 bits per heavy atom. The van der Waals surface area contributed by atoms with E-state index in [4.69, 9.17) is 4.74 Å². The molecular weight excluding hydrogens is 312 g/mol. The number of ether oxygens (including phenoxy) is 1. The molecule has 4 nitrogen and oxygen atoms in total. The van der Waals surface area contributed by atoms with E-state index in [-0.39, 0.29) is 24.3 Å². The number of nitrogens with zero attached hydrogens (tertiary/aromatic N) is 1. The average Bonchev–Trinajstić information content (AvgIpc) is 2.93. The maximum Gasteiger partial charge on any atom is 0.314 e. The van der Waals surface area contributed by atoms with Crippen molar-refractivity contribution < 1.29 is 9.53 Å². The Morgan fingerprint density at radius 1 is 1.43 bits per heavy atom. The van der Waals surface area contributed by atoms with E-state index >= 15 is 0 Å². The molecule has 1 aromatic rings. The molecule has 1 saturated heterocycles. The van der Waals surface area contributed by atoms with Crippen LogP contribution in [0.2, 0.25) is 0 Å². The topological polar surface area (TPSA) is 41.6 Å². The highest BCUT2D eigenvalue weighted by atomic mass is 35.5. The number of benzene rings is 1. The summed E-state index contributed by atoms with van der Waals surface area (Å²) in [6.45, 7) is 9.55. The second kappa shape index (κ2) is 7.65. The number of hydrogen-bond donors (Lipinski definition) is 1. The number of carbonyl (C=O) groups excluding carboxylic acids is 1. The normalized spacial score (nSPS) is 27.1. The number of fused-ring (bicyclic) bond motifs is 1. The summed E-state index contributed by atoms with van der Waals surface area (Å²) in [6, 6.07) is 8.29. The predicted molar refractivity (Wildman–Crippen MR) is 93.9 cm³/mol. The number of carbonyl (C=O) groups is 1. The summed E-state index contributed by atoms with van der Waals surface area (Å²) in [5.41, 5.74) is 2.72. The molecule has 5 heteroatoms. The van der Waals surface area contributed by atoms with Crippen molar-refractivity contribution in [1.82, 2.24) is 10.2 Å². The Hall–Kier alpha value is -1.10. The van der Waals surface area contributed by atoms with Crippen LogP contribution in [0.3, 0.4) is 0 Å². The molecule has 128 valence electrons. The van der Waals surface area contributed by atoms with Gasteiger partial charge in [0.15, 0.2) is 0 Å². The molecule has 23 heavy (non-hydrogen) atoms. The van der Waals surface area contributed by atoms with Crippen molar-refractivity contribution in [3.63, 3.8) is 0 Å². The van der Waals surface area contributed by atoms with E-state index in [9.17, 15) is 4.79 Å². The molecule has 2 unspecified atom stereocenters. The summed E-state index contributed by atoms with van der Waals surface area (Å²) in [5.74, 6) is -0.239. The van der Waals surface area contributed by atoms with Crippen LogP contribution in [0.4, 0.5) is 0 Å². The standard InChI is InChI=1S/C18H26N2O2.ClH/c1-3-22-17(21)16-11-20(13-18(2)8-9-19-12-18)10-14-6-4-5-7-15(14)16;/h4-7,16,19H,3,8-13H2,1-2H3;1H. The van der Waals surface area contributed by atoms with Crippen LogP contribution in [0, 0.1) is 5.41 Å². The number of hydrogen-bond acceptors (Lipinski definition) is 4. The van der Waals surface area contributed by atoms with Crippen molar-refractivity contribution in [2.75, 3.05) is 32.8 Å². The maximum atomic E-state index is 12.4. The summed E-state index contributed by atoms with van der Waals surface area (Å²) in [6.07, 6.45) is 1.20. The average molecular weight is 339 g/mol. The minimum atomic E-state index is -0.150. The first kappa shape index (κ1) is 18.2. The largest absolute Gasteiger partial charge is 0.465 e. The van der Waals surface area contributed by atoms with Crippen molar-refractivity contribution in [2.45, 2.75) is 32.7 Å². The minimum Gasteiger partial charge on any atom is -0.465 e. The second-order valence-corrected chi connectivity index (χ2v) is 6.91. The van der Waals surface area contributed by atoms with Gasteiger partial charge in [-0.25, -0.2) is 0 Å². The lowest BCUT2D eigenvalue weighted by Crippen LogP contribution is -2.43. The molecule has 0 amide bonds. The van der Waals surface area contributed by atoms with Crippen LogP contribution in [0.25, 0.3) is 0 Å². The summed E-state index contributed by atoms with van der Waals surface area (Å²) >= 11 is 0. The molecule has 2 atom stereocenters. The highest BCUT2D eigenvalue weighted by molar-refractivity contribution is 5.85. The van der Waals surface area contributed by atoms with Crippen LogP contribution in [-0.4, -0.2) is 43.7 Å². The molecule has 0 radical (unpaired) electrons. The van der Waals surface area contributed by atoms with Crippen molar-refractivity contribution >= 4 is 18.4 Å². The Balaban J connectivity index is 0.00000192. The molecule has 1 N–H and O–H groups in total. The summed E-state index contributed by atoms with van der Waals surface area (Å²) in [7, 11) is 0. The molecule has 0 spiro atoms. The van der Waals surface area contributed by atoms with E-state index < -0.39 is 0 Å². The van der Waals surface area contributed by atoms with Gasteiger partial charge in [0.1, 0.15) is 0 Å². The third kappa shape index (κ3) is 4.06. The van der Waals surface area contributed by atoms with Gasteiger partial charge in [0.25, 0.3) is 0 Å². The monoisotopic (exact) mass is 338 g/mol. The molecule has 2 aliphatic heterocycles. The zero-order chi connectivity index (χ0) is 15.6. The van der Waals surface area contributed by atoms with Gasteiger partial charge in [-0.15, -0.1) is 12.4 Å². The highest BCUT2D eigenvalue weighted by Crippen LogP contribution is 2.33. The van der Waals surface area contributed by atoms with Gasteiger partial charge in [-0.3, -0.25) is 9.69 Å². The quantitative estimate of drug-likeness (QED) is 0.857. The van der Waals surface area contributed by atoms with Crippen LogP contribution in [0.5, 0.6) is 0 Å². The molecule has 1 aromatic carbocycles. The van der Waals surface area contributed by atoms with Gasteiger partial charge < -0.3 is 10.1 Å². The molecular formula is C18H27ClN2O2. The third-order valence-electron chi connectivity index (χ3n) is 4.90. The van der Waals surface area contributed by atoms with E-state index in [1.807, 2.05) is 13.0 Å². The molecule has 0 aliphatic carbocycles. The molecule has 3 rings (SSSR count). The molecule has 0 saturated carbocycles. The van der Waals surface area contributed by atoms with Crippen molar-refractivity contribution in [3.05, 3.63) is 35.4 Å². The number of nitrogens with one attached hydrogen (secondary N) is 1. The van der Waals surface area contributed by atoms with E-state index in [0.717, 1.165) is 38.3 Å². The first-order chi connectivity index (χ1) is 10.6. The third-order valence-corrected chi connectivity index (χ3v) is 4.90. The molecule has 2 heterocycles. The lowest BCUT2D eigenvalue weighted by molar-refractivity contribution is -0.146. The lowest BCUT2D eigenvalue weighted by atomic mass is 9.85. The fourth-order valence-electron chi connectivity index (χ4n) is 3.79. The van der Waals surface area contributed by atoms with E-state index in [1.54, 1.807) is 0 Å². The summed E-state index contributed by atoms with van der Waals surface area (Å²) in [4.78, 5) is 14.8. The first-order valence-electron chi connectivity index (χ1n) is 8.29. The van der Waals surface area contributed by atoms with Gasteiger partial charge in [0, 0.05) is 26.2 Å². The van der Waals surface area contributed by atoms with Crippen molar-refractivity contribution in [3.8, 4) is 0 Å². The summed E-state index contributed by atoms with van der Waals surface area (Å²) in [5, 5.41) is 3.46. The number of halogens is 1. The minimum absolute atomic E-state index is 0. The smallest absolute Gasteiger partial charge is 0.314 e. The van der Waals surface area contributed by atoms with E-state index in [2.05, 4.69) is 35.3 Å².